The molecule has 0 aromatic heterocycles. The van der Waals surface area contributed by atoms with Crippen LogP contribution in [0, 0.1) is 23.2 Å². The molecule has 5 nitrogen and oxygen atoms in total. The van der Waals surface area contributed by atoms with Gasteiger partial charge in [-0.25, -0.2) is 0 Å². The average Bonchev–Trinajstić information content (AvgIpc) is 2.39. The van der Waals surface area contributed by atoms with E-state index >= 15 is 0 Å². The summed E-state index contributed by atoms with van der Waals surface area (Å²) in [5, 5.41) is 2.49. The zero-order valence-corrected chi connectivity index (χ0v) is 14.9. The van der Waals surface area contributed by atoms with Crippen molar-refractivity contribution in [1.29, 1.82) is 0 Å². The number of hydrogen-bond acceptors (Lipinski definition) is 4. The molecule has 1 N–H and O–H groups in total. The SMILES string of the molecule is CC(C)C(CC(=O)CC(C)(C)C)C(=O)CC1CCNC(=O)C1=O. The number of amides is 1. The summed E-state index contributed by atoms with van der Waals surface area (Å²) in [6.45, 7) is 10.3. The highest BCUT2D eigenvalue weighted by Crippen LogP contribution is 2.26. The first-order valence-electron chi connectivity index (χ1n) is 8.37. The van der Waals surface area contributed by atoms with E-state index in [4.69, 9.17) is 0 Å². The molecule has 1 heterocycles. The van der Waals surface area contributed by atoms with Crippen molar-refractivity contribution in [2.75, 3.05) is 6.54 Å². The van der Waals surface area contributed by atoms with Crippen molar-refractivity contribution in [3.63, 3.8) is 0 Å². The average molecular weight is 323 g/mol. The van der Waals surface area contributed by atoms with Gasteiger partial charge in [0.25, 0.3) is 5.91 Å². The van der Waals surface area contributed by atoms with Gasteiger partial charge in [-0.2, -0.15) is 0 Å². The maximum Gasteiger partial charge on any atom is 0.287 e. The van der Waals surface area contributed by atoms with Crippen LogP contribution in [0.25, 0.3) is 0 Å². The van der Waals surface area contributed by atoms with Crippen molar-refractivity contribution in [2.45, 2.75) is 60.3 Å². The Morgan fingerprint density at radius 3 is 2.35 bits per heavy atom. The summed E-state index contributed by atoms with van der Waals surface area (Å²) in [6.07, 6.45) is 1.23. The van der Waals surface area contributed by atoms with Gasteiger partial charge in [-0.15, -0.1) is 0 Å². The largest absolute Gasteiger partial charge is 0.349 e. The van der Waals surface area contributed by atoms with Crippen LogP contribution in [0.2, 0.25) is 0 Å². The molecule has 0 aromatic carbocycles. The van der Waals surface area contributed by atoms with Gasteiger partial charge in [0.2, 0.25) is 5.78 Å². The van der Waals surface area contributed by atoms with Crippen LogP contribution in [0.15, 0.2) is 0 Å². The van der Waals surface area contributed by atoms with Gasteiger partial charge in [0.1, 0.15) is 11.6 Å². The molecular formula is C18H29NO4. The molecule has 0 bridgehead atoms. The number of piperidine rings is 1. The van der Waals surface area contributed by atoms with E-state index in [9.17, 15) is 19.2 Å². The van der Waals surface area contributed by atoms with E-state index in [1.165, 1.54) is 0 Å². The van der Waals surface area contributed by atoms with E-state index in [1.54, 1.807) is 0 Å². The van der Waals surface area contributed by atoms with Crippen molar-refractivity contribution in [3.05, 3.63) is 0 Å². The van der Waals surface area contributed by atoms with Gasteiger partial charge in [0, 0.05) is 37.6 Å². The Balaban J connectivity index is 2.69. The molecule has 1 amide bonds. The maximum atomic E-state index is 12.6. The van der Waals surface area contributed by atoms with E-state index < -0.39 is 17.6 Å². The third-order valence-electron chi connectivity index (χ3n) is 4.21. The van der Waals surface area contributed by atoms with Crippen LogP contribution in [-0.2, 0) is 19.2 Å². The van der Waals surface area contributed by atoms with Crippen LogP contribution in [0.5, 0.6) is 0 Å². The molecule has 1 aliphatic heterocycles. The van der Waals surface area contributed by atoms with Crippen molar-refractivity contribution >= 4 is 23.3 Å². The van der Waals surface area contributed by atoms with Gasteiger partial charge in [-0.3, -0.25) is 19.2 Å². The minimum atomic E-state index is -0.598. The fraction of sp³-hybridized carbons (Fsp3) is 0.778. The van der Waals surface area contributed by atoms with E-state index in [-0.39, 0.29) is 41.7 Å². The monoisotopic (exact) mass is 323 g/mol. The van der Waals surface area contributed by atoms with Gasteiger partial charge in [0.15, 0.2) is 0 Å². The molecule has 23 heavy (non-hydrogen) atoms. The van der Waals surface area contributed by atoms with E-state index in [0.717, 1.165) is 0 Å². The standard InChI is InChI=1S/C18H29NO4/c1-11(2)14(9-13(20)10-18(3,4)5)15(21)8-12-6-7-19-17(23)16(12)22/h11-12,14H,6-10H2,1-5H3,(H,19,23). The first-order chi connectivity index (χ1) is 10.5. The number of Topliss-reactive ketones (excluding diaryl/α,β-unsaturated/α-hetero) is 3. The van der Waals surface area contributed by atoms with Crippen LogP contribution in [0.4, 0.5) is 0 Å². The van der Waals surface area contributed by atoms with Gasteiger partial charge in [-0.1, -0.05) is 34.6 Å². The lowest BCUT2D eigenvalue weighted by atomic mass is 9.79. The fourth-order valence-electron chi connectivity index (χ4n) is 2.98. The number of ketones is 3. The second kappa shape index (κ2) is 7.84. The molecule has 0 saturated carbocycles. The van der Waals surface area contributed by atoms with Gasteiger partial charge >= 0.3 is 0 Å². The molecule has 1 rings (SSSR count). The highest BCUT2D eigenvalue weighted by Gasteiger charge is 2.34. The molecule has 1 aliphatic rings. The summed E-state index contributed by atoms with van der Waals surface area (Å²) in [4.78, 5) is 48.0. The van der Waals surface area contributed by atoms with Gasteiger partial charge < -0.3 is 5.32 Å². The normalized spacial score (nSPS) is 20.3. The summed E-state index contributed by atoms with van der Waals surface area (Å²) in [7, 11) is 0. The summed E-state index contributed by atoms with van der Waals surface area (Å²) in [6, 6.07) is 0. The summed E-state index contributed by atoms with van der Waals surface area (Å²) < 4.78 is 0. The minimum Gasteiger partial charge on any atom is -0.349 e. The number of carbonyl (C=O) groups is 4. The van der Waals surface area contributed by atoms with Crippen molar-refractivity contribution in [1.82, 2.24) is 5.32 Å². The summed E-state index contributed by atoms with van der Waals surface area (Å²) in [5.41, 5.74) is -0.0981. The molecule has 5 heteroatoms. The molecular weight excluding hydrogens is 294 g/mol. The van der Waals surface area contributed by atoms with Gasteiger partial charge in [0.05, 0.1) is 0 Å². The summed E-state index contributed by atoms with van der Waals surface area (Å²) >= 11 is 0. The Labute approximate surface area is 138 Å². The molecule has 0 radical (unpaired) electrons. The highest BCUT2D eigenvalue weighted by molar-refractivity contribution is 6.37. The minimum absolute atomic E-state index is 0.0407. The lowest BCUT2D eigenvalue weighted by molar-refractivity contribution is -0.143. The third-order valence-corrected chi connectivity index (χ3v) is 4.21. The second-order valence-corrected chi connectivity index (χ2v) is 8.11. The molecule has 130 valence electrons. The van der Waals surface area contributed by atoms with Crippen LogP contribution in [0.1, 0.15) is 60.3 Å². The van der Waals surface area contributed by atoms with Crippen LogP contribution in [0.3, 0.4) is 0 Å². The molecule has 1 fully saturated rings. The molecule has 2 atom stereocenters. The molecule has 0 aromatic rings. The smallest absolute Gasteiger partial charge is 0.287 e. The Kier molecular flexibility index (Phi) is 6.66. The molecule has 1 saturated heterocycles. The zero-order valence-electron chi connectivity index (χ0n) is 14.9. The van der Waals surface area contributed by atoms with Crippen LogP contribution in [-0.4, -0.2) is 29.8 Å². The zero-order chi connectivity index (χ0) is 17.8. The topological polar surface area (TPSA) is 80.3 Å². The lowest BCUT2D eigenvalue weighted by Gasteiger charge is -2.25. The van der Waals surface area contributed by atoms with Gasteiger partial charge in [-0.05, 0) is 17.8 Å². The first kappa shape index (κ1) is 19.5. The van der Waals surface area contributed by atoms with Crippen molar-refractivity contribution in [2.24, 2.45) is 23.2 Å². The van der Waals surface area contributed by atoms with E-state index in [1.807, 2.05) is 34.6 Å². The lowest BCUT2D eigenvalue weighted by Crippen LogP contribution is -2.43. The van der Waals surface area contributed by atoms with Crippen LogP contribution < -0.4 is 5.32 Å². The third kappa shape index (κ3) is 6.24. The highest BCUT2D eigenvalue weighted by atomic mass is 16.2. The second-order valence-electron chi connectivity index (χ2n) is 8.11. The van der Waals surface area contributed by atoms with Crippen LogP contribution >= 0.6 is 0 Å². The quantitative estimate of drug-likeness (QED) is 0.729. The Hall–Kier alpha value is -1.52. The number of carbonyl (C=O) groups excluding carboxylic acids is 4. The van der Waals surface area contributed by atoms with E-state index in [0.29, 0.717) is 19.4 Å². The van der Waals surface area contributed by atoms with E-state index in [2.05, 4.69) is 5.32 Å². The molecule has 0 aliphatic carbocycles. The fourth-order valence-corrected chi connectivity index (χ4v) is 2.98. The molecule has 2 unspecified atom stereocenters. The summed E-state index contributed by atoms with van der Waals surface area (Å²) in [5.74, 6) is -1.96. The number of nitrogens with one attached hydrogen (secondary N) is 1. The first-order valence-corrected chi connectivity index (χ1v) is 8.37. The molecule has 0 spiro atoms. The Morgan fingerprint density at radius 1 is 1.22 bits per heavy atom. The van der Waals surface area contributed by atoms with Crippen molar-refractivity contribution in [3.8, 4) is 0 Å². The Morgan fingerprint density at radius 2 is 1.83 bits per heavy atom. The predicted molar refractivity (Wildman–Crippen MR) is 87.8 cm³/mol. The predicted octanol–water partition coefficient (Wildman–Crippen LogP) is 2.32. The number of hydrogen-bond donors (Lipinski definition) is 1. The van der Waals surface area contributed by atoms with Crippen molar-refractivity contribution < 1.29 is 19.2 Å². The number of rotatable bonds is 7. The Bertz CT molecular complexity index is 488. The maximum absolute atomic E-state index is 12.6.